The molecule has 0 spiro atoms. The standard InChI is InChI=1S/C28H32F3NO4S3/c1-25-7-6-16(33)9-20(25)21(30)10-19-18-8-15-12-32(13-17-4-5-23(37-3)39-17)36-28(15,24(35)38-14-29)26(18,2)11-22(34)27(19,25)31/h4-7,9,15,18-19,21-22,34H,8,10-14H2,1-3H3/t15-,18-,19-,21-,22-,25-,26-,27-,28-/m0/s1. The topological polar surface area (TPSA) is 66.8 Å². The molecule has 1 aliphatic heterocycles. The maximum atomic E-state index is 17.5. The molecule has 212 valence electrons. The van der Waals surface area contributed by atoms with Gasteiger partial charge in [-0.1, -0.05) is 24.8 Å². The van der Waals surface area contributed by atoms with E-state index in [1.54, 1.807) is 35.1 Å². The third-order valence-corrected chi connectivity index (χ3v) is 13.2. The number of hydrogen-bond donors (Lipinski definition) is 1. The van der Waals surface area contributed by atoms with Crippen LogP contribution in [-0.2, 0) is 21.0 Å². The smallest absolute Gasteiger partial charge is 0.226 e. The van der Waals surface area contributed by atoms with Crippen molar-refractivity contribution >= 4 is 45.8 Å². The molecule has 39 heavy (non-hydrogen) atoms. The van der Waals surface area contributed by atoms with Crippen LogP contribution in [0.1, 0.15) is 38.0 Å². The first kappa shape index (κ1) is 28.0. The van der Waals surface area contributed by atoms with Crippen LogP contribution < -0.4 is 0 Å². The van der Waals surface area contributed by atoms with Gasteiger partial charge in [0.2, 0.25) is 5.12 Å². The lowest BCUT2D eigenvalue weighted by Gasteiger charge is -2.63. The van der Waals surface area contributed by atoms with E-state index in [0.29, 0.717) is 31.3 Å². The van der Waals surface area contributed by atoms with Crippen molar-refractivity contribution in [2.45, 2.75) is 67.4 Å². The quantitative estimate of drug-likeness (QED) is 0.437. The van der Waals surface area contributed by atoms with Gasteiger partial charge in [-0.3, -0.25) is 14.4 Å². The lowest BCUT2D eigenvalue weighted by Crippen LogP contribution is -2.70. The van der Waals surface area contributed by atoms with Crippen molar-refractivity contribution in [1.82, 2.24) is 5.06 Å². The predicted octanol–water partition coefficient (Wildman–Crippen LogP) is 5.69. The summed E-state index contributed by atoms with van der Waals surface area (Å²) in [6, 6.07) is 3.13. The summed E-state index contributed by atoms with van der Waals surface area (Å²) in [6.07, 6.45) is 2.85. The molecule has 1 aromatic heterocycles. The van der Waals surface area contributed by atoms with Gasteiger partial charge in [0, 0.05) is 34.1 Å². The first-order valence-electron chi connectivity index (χ1n) is 13.2. The molecule has 1 saturated heterocycles. The number of allylic oxidation sites excluding steroid dienone is 4. The van der Waals surface area contributed by atoms with Crippen molar-refractivity contribution in [3.05, 3.63) is 40.8 Å². The van der Waals surface area contributed by atoms with Crippen LogP contribution in [0.15, 0.2) is 40.1 Å². The van der Waals surface area contributed by atoms with Gasteiger partial charge in [0.1, 0.15) is 12.2 Å². The van der Waals surface area contributed by atoms with E-state index in [2.05, 4.69) is 0 Å². The molecule has 2 heterocycles. The minimum atomic E-state index is -2.23. The third-order valence-electron chi connectivity index (χ3n) is 10.3. The van der Waals surface area contributed by atoms with Crippen LogP contribution in [0.3, 0.4) is 0 Å². The second-order valence-electron chi connectivity index (χ2n) is 11.9. The van der Waals surface area contributed by atoms with E-state index in [9.17, 15) is 19.1 Å². The molecule has 0 aromatic carbocycles. The number of thioether (sulfide) groups is 2. The summed E-state index contributed by atoms with van der Waals surface area (Å²) in [6.45, 7) is 4.24. The van der Waals surface area contributed by atoms with Crippen LogP contribution in [0.25, 0.3) is 0 Å². The fraction of sp³-hybridized carbons (Fsp3) is 0.643. The summed E-state index contributed by atoms with van der Waals surface area (Å²) in [5.41, 5.74) is -6.16. The summed E-state index contributed by atoms with van der Waals surface area (Å²) in [5, 5.41) is 12.9. The first-order chi connectivity index (χ1) is 18.4. The summed E-state index contributed by atoms with van der Waals surface area (Å²) < 4.78 is 47.9. The molecular formula is C28H32F3NO4S3. The van der Waals surface area contributed by atoms with Gasteiger partial charge in [-0.25, -0.2) is 13.2 Å². The van der Waals surface area contributed by atoms with Crippen LogP contribution in [0.4, 0.5) is 13.2 Å². The van der Waals surface area contributed by atoms with E-state index >= 15 is 8.78 Å². The maximum Gasteiger partial charge on any atom is 0.226 e. The molecule has 5 aliphatic rings. The average molecular weight is 600 g/mol. The number of aliphatic hydroxyl groups is 1. The Morgan fingerprint density at radius 1 is 1.28 bits per heavy atom. The molecule has 4 fully saturated rings. The number of aliphatic hydroxyl groups excluding tert-OH is 1. The molecule has 4 aliphatic carbocycles. The molecule has 0 unspecified atom stereocenters. The van der Waals surface area contributed by atoms with Gasteiger partial charge in [0.05, 0.1) is 16.9 Å². The zero-order valence-corrected chi connectivity index (χ0v) is 24.4. The summed E-state index contributed by atoms with van der Waals surface area (Å²) in [5.74, 6) is -2.14. The van der Waals surface area contributed by atoms with Crippen molar-refractivity contribution in [3.63, 3.8) is 0 Å². The predicted molar refractivity (Wildman–Crippen MR) is 146 cm³/mol. The largest absolute Gasteiger partial charge is 0.390 e. The summed E-state index contributed by atoms with van der Waals surface area (Å²) in [4.78, 5) is 33.4. The highest BCUT2D eigenvalue weighted by molar-refractivity contribution is 8.13. The van der Waals surface area contributed by atoms with E-state index in [4.69, 9.17) is 4.84 Å². The fourth-order valence-corrected chi connectivity index (χ4v) is 11.0. The Hall–Kier alpha value is -1.11. The Balaban J connectivity index is 1.39. The first-order valence-corrected chi connectivity index (χ1v) is 16.2. The van der Waals surface area contributed by atoms with Crippen molar-refractivity contribution in [1.29, 1.82) is 0 Å². The number of hydroxylamine groups is 2. The molecular weight excluding hydrogens is 568 g/mol. The Labute approximate surface area is 238 Å². The van der Waals surface area contributed by atoms with Gasteiger partial charge in [-0.15, -0.1) is 23.1 Å². The van der Waals surface area contributed by atoms with Crippen molar-refractivity contribution < 1.29 is 32.7 Å². The lowest BCUT2D eigenvalue weighted by atomic mass is 9.44. The molecule has 11 heteroatoms. The van der Waals surface area contributed by atoms with Crippen molar-refractivity contribution in [2.75, 3.05) is 18.8 Å². The number of nitrogens with zero attached hydrogens (tertiary/aromatic N) is 1. The monoisotopic (exact) mass is 599 g/mol. The molecule has 6 rings (SSSR count). The molecule has 1 aromatic rings. The van der Waals surface area contributed by atoms with Gasteiger partial charge in [-0.05, 0) is 68.2 Å². The highest BCUT2D eigenvalue weighted by Gasteiger charge is 2.79. The number of ketones is 1. The third kappa shape index (κ3) is 3.65. The second-order valence-corrected chi connectivity index (χ2v) is 15.1. The minimum absolute atomic E-state index is 0.0661. The number of carbonyl (C=O) groups is 2. The molecule has 0 radical (unpaired) electrons. The SMILES string of the molecule is CSc1ccc(CN2C[C@@H]3C[C@H]4[C@@H]5C[C@H](F)C6=CC(=O)C=C[C@]6(C)[C@@]5(F)[C@@H](O)C[C@]4(C)[C@]3(C(=O)SCF)O2)s1. The van der Waals surface area contributed by atoms with Crippen LogP contribution >= 0.6 is 34.9 Å². The number of fused-ring (bicyclic) bond motifs is 7. The van der Waals surface area contributed by atoms with E-state index in [1.165, 1.54) is 18.2 Å². The molecule has 0 bridgehead atoms. The molecule has 5 nitrogen and oxygen atoms in total. The Morgan fingerprint density at radius 3 is 2.74 bits per heavy atom. The summed E-state index contributed by atoms with van der Waals surface area (Å²) >= 11 is 3.83. The van der Waals surface area contributed by atoms with Gasteiger partial charge < -0.3 is 5.11 Å². The lowest BCUT2D eigenvalue weighted by molar-refractivity contribution is -0.266. The average Bonchev–Trinajstić information content (AvgIpc) is 3.56. The number of rotatable bonds is 5. The molecule has 0 amide bonds. The zero-order chi connectivity index (χ0) is 28.0. The van der Waals surface area contributed by atoms with E-state index in [-0.39, 0.29) is 24.3 Å². The van der Waals surface area contributed by atoms with E-state index in [1.807, 2.05) is 25.3 Å². The highest BCUT2D eigenvalue weighted by Crippen LogP contribution is 2.73. The normalized spacial score (nSPS) is 44.9. The second kappa shape index (κ2) is 9.46. The molecule has 1 N–H and O–H groups in total. The Morgan fingerprint density at radius 2 is 2.05 bits per heavy atom. The van der Waals surface area contributed by atoms with Crippen LogP contribution in [0.5, 0.6) is 0 Å². The maximum absolute atomic E-state index is 17.5. The van der Waals surface area contributed by atoms with E-state index in [0.717, 1.165) is 9.09 Å². The fourth-order valence-electron chi connectivity index (χ4n) is 8.64. The van der Waals surface area contributed by atoms with Crippen LogP contribution in [0.2, 0.25) is 0 Å². The van der Waals surface area contributed by atoms with Crippen LogP contribution in [0, 0.1) is 28.6 Å². The Kier molecular flexibility index (Phi) is 6.80. The number of alkyl halides is 3. The summed E-state index contributed by atoms with van der Waals surface area (Å²) in [7, 11) is 0. The van der Waals surface area contributed by atoms with E-state index < -0.39 is 63.1 Å². The number of hydrogen-bond acceptors (Lipinski definition) is 8. The number of halogens is 3. The highest BCUT2D eigenvalue weighted by atomic mass is 32.2. The van der Waals surface area contributed by atoms with Gasteiger partial charge in [0.25, 0.3) is 0 Å². The minimum Gasteiger partial charge on any atom is -0.390 e. The zero-order valence-electron chi connectivity index (χ0n) is 22.0. The van der Waals surface area contributed by atoms with Crippen molar-refractivity contribution in [2.24, 2.45) is 28.6 Å². The van der Waals surface area contributed by atoms with Gasteiger partial charge in [0.15, 0.2) is 17.1 Å². The molecule has 3 saturated carbocycles. The Bertz CT molecular complexity index is 1270. The number of carbonyl (C=O) groups excluding carboxylic acids is 2. The van der Waals surface area contributed by atoms with Crippen molar-refractivity contribution in [3.8, 4) is 0 Å². The van der Waals surface area contributed by atoms with Gasteiger partial charge in [-0.2, -0.15) is 5.06 Å². The molecule has 9 atom stereocenters. The van der Waals surface area contributed by atoms with Gasteiger partial charge >= 0.3 is 0 Å². The number of thiophene rings is 1. The van der Waals surface area contributed by atoms with Crippen LogP contribution in [-0.4, -0.2) is 63.4 Å².